The molecule has 2 heteroatoms. The maximum absolute atomic E-state index is 10.1. The Morgan fingerprint density at radius 1 is 1.45 bits per heavy atom. The van der Waals surface area contributed by atoms with Crippen molar-refractivity contribution in [2.24, 2.45) is 10.6 Å². The maximum Gasteiger partial charge on any atom is 0.0896 e. The lowest BCUT2D eigenvalue weighted by atomic mass is 9.82. The minimum Gasteiger partial charge on any atom is -0.151 e. The van der Waals surface area contributed by atoms with E-state index in [2.05, 4.69) is 25.9 Å². The van der Waals surface area contributed by atoms with Crippen LogP contribution in [0.2, 0.25) is 0 Å². The van der Waals surface area contributed by atoms with Gasteiger partial charge in [-0.25, -0.2) is 0 Å². The van der Waals surface area contributed by atoms with Gasteiger partial charge in [-0.05, 0) is 25.2 Å². The van der Waals surface area contributed by atoms with Gasteiger partial charge in [0.15, 0.2) is 0 Å². The first kappa shape index (κ1) is 10.6. The van der Waals surface area contributed by atoms with Crippen molar-refractivity contribution in [1.29, 1.82) is 0 Å². The molecule has 0 saturated carbocycles. The summed E-state index contributed by atoms with van der Waals surface area (Å²) >= 11 is 0. The highest BCUT2D eigenvalue weighted by atomic mass is 16.3. The Bertz CT molecular complexity index is 121. The largest absolute Gasteiger partial charge is 0.151 e. The van der Waals surface area contributed by atoms with Gasteiger partial charge in [0.2, 0.25) is 0 Å². The van der Waals surface area contributed by atoms with E-state index in [0.717, 1.165) is 6.42 Å². The molecule has 0 aliphatic heterocycles. The van der Waals surface area contributed by atoms with Gasteiger partial charge in [-0.15, -0.1) is 0 Å². The molecule has 0 spiro atoms. The van der Waals surface area contributed by atoms with Crippen molar-refractivity contribution in [1.82, 2.24) is 0 Å². The van der Waals surface area contributed by atoms with E-state index in [0.29, 0.717) is 0 Å². The van der Waals surface area contributed by atoms with E-state index in [1.165, 1.54) is 12.8 Å². The van der Waals surface area contributed by atoms with Crippen LogP contribution in [0.4, 0.5) is 0 Å². The first-order chi connectivity index (χ1) is 5.02. The third kappa shape index (κ3) is 4.93. The fraction of sp³-hybridized carbons (Fsp3) is 1.00. The van der Waals surface area contributed by atoms with E-state index in [1.807, 2.05) is 6.92 Å². The summed E-state index contributed by atoms with van der Waals surface area (Å²) in [4.78, 5) is 10.1. The molecule has 0 N–H and O–H groups in total. The van der Waals surface area contributed by atoms with Crippen molar-refractivity contribution < 1.29 is 0 Å². The molecule has 0 bridgehead atoms. The molecular weight excluding hydrogens is 138 g/mol. The van der Waals surface area contributed by atoms with E-state index in [1.54, 1.807) is 0 Å². The number of hydrogen-bond donors (Lipinski definition) is 0. The minimum atomic E-state index is -0.0310. The summed E-state index contributed by atoms with van der Waals surface area (Å²) in [6.07, 6.45) is 3.26. The van der Waals surface area contributed by atoms with Gasteiger partial charge in [-0.3, -0.25) is 0 Å². The van der Waals surface area contributed by atoms with Crippen molar-refractivity contribution in [2.45, 2.75) is 53.0 Å². The summed E-state index contributed by atoms with van der Waals surface area (Å²) in [5.74, 6) is 0. The van der Waals surface area contributed by atoms with Crippen LogP contribution in [0.15, 0.2) is 5.18 Å². The molecule has 1 atom stereocenters. The highest BCUT2D eigenvalue weighted by molar-refractivity contribution is 4.73. The quantitative estimate of drug-likeness (QED) is 0.563. The molecule has 0 heterocycles. The van der Waals surface area contributed by atoms with Crippen LogP contribution in [0.1, 0.15) is 47.0 Å². The summed E-state index contributed by atoms with van der Waals surface area (Å²) < 4.78 is 0. The molecule has 0 aromatic carbocycles. The van der Waals surface area contributed by atoms with Gasteiger partial charge >= 0.3 is 0 Å². The van der Waals surface area contributed by atoms with E-state index < -0.39 is 0 Å². The van der Waals surface area contributed by atoms with Gasteiger partial charge in [-0.2, -0.15) is 4.91 Å². The normalized spacial score (nSPS) is 14.5. The molecule has 0 aromatic rings. The van der Waals surface area contributed by atoms with E-state index in [-0.39, 0.29) is 11.5 Å². The molecule has 0 fully saturated rings. The standard InChI is InChI=1S/C9H19NO/c1-5-6-9(3,4)7-8(2)10-11/h8H,5-7H2,1-4H3. The summed E-state index contributed by atoms with van der Waals surface area (Å²) in [6, 6.07) is -0.0310. The summed E-state index contributed by atoms with van der Waals surface area (Å²) in [5, 5.41) is 3.01. The van der Waals surface area contributed by atoms with Crippen molar-refractivity contribution in [3.05, 3.63) is 4.91 Å². The zero-order valence-electron chi connectivity index (χ0n) is 8.05. The van der Waals surface area contributed by atoms with Crippen LogP contribution in [0.5, 0.6) is 0 Å². The highest BCUT2D eigenvalue weighted by Gasteiger charge is 2.19. The van der Waals surface area contributed by atoms with Gasteiger partial charge in [0.1, 0.15) is 0 Å². The van der Waals surface area contributed by atoms with Gasteiger partial charge in [-0.1, -0.05) is 32.4 Å². The lowest BCUT2D eigenvalue weighted by Crippen LogP contribution is -2.16. The summed E-state index contributed by atoms with van der Waals surface area (Å²) in [6.45, 7) is 8.43. The van der Waals surface area contributed by atoms with Crippen molar-refractivity contribution in [3.8, 4) is 0 Å². The average Bonchev–Trinajstić information content (AvgIpc) is 1.86. The van der Waals surface area contributed by atoms with Crippen LogP contribution in [0.25, 0.3) is 0 Å². The summed E-state index contributed by atoms with van der Waals surface area (Å²) in [5.41, 5.74) is 0.280. The molecule has 0 aliphatic carbocycles. The fourth-order valence-electron chi connectivity index (χ4n) is 1.62. The van der Waals surface area contributed by atoms with Crippen LogP contribution in [0.3, 0.4) is 0 Å². The van der Waals surface area contributed by atoms with Crippen LogP contribution >= 0.6 is 0 Å². The molecule has 0 aliphatic rings. The SMILES string of the molecule is CCCC(C)(C)CC(C)N=O. The van der Waals surface area contributed by atoms with E-state index >= 15 is 0 Å². The van der Waals surface area contributed by atoms with Gasteiger partial charge in [0, 0.05) is 0 Å². The van der Waals surface area contributed by atoms with E-state index in [4.69, 9.17) is 0 Å². The molecule has 0 amide bonds. The second-order valence-corrected chi connectivity index (χ2v) is 4.07. The molecule has 0 saturated heterocycles. The van der Waals surface area contributed by atoms with Gasteiger partial charge < -0.3 is 0 Å². The van der Waals surface area contributed by atoms with Crippen LogP contribution in [-0.2, 0) is 0 Å². The molecule has 1 unspecified atom stereocenters. The van der Waals surface area contributed by atoms with Crippen LogP contribution in [0, 0.1) is 10.3 Å². The second kappa shape index (κ2) is 4.47. The Labute approximate surface area is 69.4 Å². The molecular formula is C9H19NO. The van der Waals surface area contributed by atoms with Crippen LogP contribution < -0.4 is 0 Å². The maximum atomic E-state index is 10.1. The predicted molar refractivity (Wildman–Crippen MR) is 48.6 cm³/mol. The smallest absolute Gasteiger partial charge is 0.0896 e. The minimum absolute atomic E-state index is 0.0310. The average molecular weight is 157 g/mol. The van der Waals surface area contributed by atoms with Crippen LogP contribution in [-0.4, -0.2) is 6.04 Å². The first-order valence-electron chi connectivity index (χ1n) is 4.34. The Morgan fingerprint density at radius 3 is 2.36 bits per heavy atom. The first-order valence-corrected chi connectivity index (χ1v) is 4.34. The lowest BCUT2D eigenvalue weighted by Gasteiger charge is -2.24. The highest BCUT2D eigenvalue weighted by Crippen LogP contribution is 2.28. The Morgan fingerprint density at radius 2 is 2.00 bits per heavy atom. The zero-order chi connectivity index (χ0) is 8.91. The molecule has 0 aromatic heterocycles. The second-order valence-electron chi connectivity index (χ2n) is 4.07. The monoisotopic (exact) mass is 157 g/mol. The van der Waals surface area contributed by atoms with Crippen molar-refractivity contribution in [3.63, 3.8) is 0 Å². The molecule has 0 rings (SSSR count). The van der Waals surface area contributed by atoms with Crippen molar-refractivity contribution >= 4 is 0 Å². The number of hydrogen-bond acceptors (Lipinski definition) is 2. The summed E-state index contributed by atoms with van der Waals surface area (Å²) in [7, 11) is 0. The Kier molecular flexibility index (Phi) is 4.31. The Hall–Kier alpha value is -0.400. The molecule has 11 heavy (non-hydrogen) atoms. The third-order valence-corrected chi connectivity index (χ3v) is 1.95. The number of nitroso groups, excluding NO2 is 1. The molecule has 0 radical (unpaired) electrons. The topological polar surface area (TPSA) is 29.4 Å². The fourth-order valence-corrected chi connectivity index (χ4v) is 1.62. The number of nitrogens with zero attached hydrogens (tertiary/aromatic N) is 1. The van der Waals surface area contributed by atoms with E-state index in [9.17, 15) is 4.91 Å². The Balaban J connectivity index is 3.79. The van der Waals surface area contributed by atoms with Crippen molar-refractivity contribution in [2.75, 3.05) is 0 Å². The lowest BCUT2D eigenvalue weighted by molar-refractivity contribution is 0.284. The van der Waals surface area contributed by atoms with Gasteiger partial charge in [0.05, 0.1) is 6.04 Å². The molecule has 2 nitrogen and oxygen atoms in total. The predicted octanol–water partition coefficient (Wildman–Crippen LogP) is 3.36. The van der Waals surface area contributed by atoms with Gasteiger partial charge in [0.25, 0.3) is 0 Å². The molecule has 66 valence electrons. The number of rotatable bonds is 5. The third-order valence-electron chi connectivity index (χ3n) is 1.95. The zero-order valence-corrected chi connectivity index (χ0v) is 8.05.